The number of hydrogen-bond acceptors (Lipinski definition) is 6. The van der Waals surface area contributed by atoms with Crippen LogP contribution in [0, 0.1) is 0 Å². The highest BCUT2D eigenvalue weighted by atomic mass is 16.5. The summed E-state index contributed by atoms with van der Waals surface area (Å²) in [5, 5.41) is 23.7. The summed E-state index contributed by atoms with van der Waals surface area (Å²) in [5.74, 6) is -1.06. The molecule has 29 heavy (non-hydrogen) atoms. The minimum Gasteiger partial charge on any atom is -0.507 e. The maximum atomic E-state index is 12.2. The number of esters is 1. The highest BCUT2D eigenvalue weighted by Crippen LogP contribution is 2.35. The first kappa shape index (κ1) is 20.0. The molecule has 0 heterocycles. The third-order valence-electron chi connectivity index (χ3n) is 4.44. The van der Waals surface area contributed by atoms with Gasteiger partial charge in [-0.2, -0.15) is 0 Å². The van der Waals surface area contributed by atoms with Gasteiger partial charge in [0.1, 0.15) is 22.8 Å². The molecular formula is C22H21NO6. The molecule has 3 aromatic carbocycles. The Labute approximate surface area is 167 Å². The number of rotatable bonds is 7. The fourth-order valence-corrected chi connectivity index (χ4v) is 2.89. The first-order chi connectivity index (χ1) is 14.0. The van der Waals surface area contributed by atoms with Crippen LogP contribution in [0.4, 0.5) is 0 Å². The minimum atomic E-state index is -0.895. The van der Waals surface area contributed by atoms with Crippen LogP contribution in [0.1, 0.15) is 15.9 Å². The molecule has 7 heteroatoms. The SMILES string of the molecule is COc1ccc(CCNC(=O)COC(=O)c2cc(O)c3ccccc3c2O)cc1. The van der Waals surface area contributed by atoms with Crippen molar-refractivity contribution < 1.29 is 29.3 Å². The summed E-state index contributed by atoms with van der Waals surface area (Å²) >= 11 is 0. The molecular weight excluding hydrogens is 374 g/mol. The van der Waals surface area contributed by atoms with E-state index in [-0.39, 0.29) is 17.1 Å². The zero-order valence-corrected chi connectivity index (χ0v) is 15.8. The second-order valence-electron chi connectivity index (χ2n) is 6.36. The van der Waals surface area contributed by atoms with Crippen LogP contribution in [0.5, 0.6) is 17.2 Å². The van der Waals surface area contributed by atoms with Gasteiger partial charge in [0.05, 0.1) is 7.11 Å². The molecule has 0 saturated heterocycles. The predicted octanol–water partition coefficient (Wildman–Crippen LogP) is 2.78. The summed E-state index contributed by atoms with van der Waals surface area (Å²) in [6.07, 6.45) is 0.614. The van der Waals surface area contributed by atoms with Crippen molar-refractivity contribution in [3.05, 3.63) is 65.7 Å². The van der Waals surface area contributed by atoms with E-state index >= 15 is 0 Å². The fourth-order valence-electron chi connectivity index (χ4n) is 2.89. The highest BCUT2D eigenvalue weighted by molar-refractivity contribution is 6.04. The van der Waals surface area contributed by atoms with Gasteiger partial charge < -0.3 is 25.0 Å². The van der Waals surface area contributed by atoms with Crippen LogP contribution in [0.25, 0.3) is 10.8 Å². The zero-order valence-electron chi connectivity index (χ0n) is 15.8. The smallest absolute Gasteiger partial charge is 0.342 e. The topological polar surface area (TPSA) is 105 Å². The molecule has 0 unspecified atom stereocenters. The van der Waals surface area contributed by atoms with Crippen molar-refractivity contribution in [3.63, 3.8) is 0 Å². The van der Waals surface area contributed by atoms with Gasteiger partial charge in [-0.3, -0.25) is 4.79 Å². The number of phenols is 2. The molecule has 0 aliphatic heterocycles. The summed E-state index contributed by atoms with van der Waals surface area (Å²) in [6, 6.07) is 15.2. The van der Waals surface area contributed by atoms with Crippen LogP contribution in [0.3, 0.4) is 0 Å². The molecule has 0 saturated carbocycles. The van der Waals surface area contributed by atoms with Crippen molar-refractivity contribution in [1.82, 2.24) is 5.32 Å². The summed E-state index contributed by atoms with van der Waals surface area (Å²) < 4.78 is 10.1. The molecule has 150 valence electrons. The largest absolute Gasteiger partial charge is 0.507 e. The molecule has 0 aliphatic rings. The van der Waals surface area contributed by atoms with Crippen LogP contribution < -0.4 is 10.1 Å². The van der Waals surface area contributed by atoms with Gasteiger partial charge >= 0.3 is 5.97 Å². The van der Waals surface area contributed by atoms with E-state index in [0.717, 1.165) is 17.4 Å². The highest BCUT2D eigenvalue weighted by Gasteiger charge is 2.19. The first-order valence-corrected chi connectivity index (χ1v) is 9.00. The predicted molar refractivity (Wildman–Crippen MR) is 107 cm³/mol. The Bertz CT molecular complexity index is 1030. The third-order valence-corrected chi connectivity index (χ3v) is 4.44. The maximum absolute atomic E-state index is 12.2. The number of nitrogens with one attached hydrogen (secondary N) is 1. The Kier molecular flexibility index (Phi) is 6.19. The summed E-state index contributed by atoms with van der Waals surface area (Å²) in [5.41, 5.74) is 0.826. The molecule has 0 bridgehead atoms. The quantitative estimate of drug-likeness (QED) is 0.420. The third kappa shape index (κ3) is 4.76. The Balaban J connectivity index is 1.53. The van der Waals surface area contributed by atoms with Crippen molar-refractivity contribution in [1.29, 1.82) is 0 Å². The van der Waals surface area contributed by atoms with Gasteiger partial charge in [0.15, 0.2) is 6.61 Å². The molecule has 0 atom stereocenters. The number of phenolic OH excluding ortho intramolecular Hbond substituents is 2. The Hall–Kier alpha value is -3.74. The number of methoxy groups -OCH3 is 1. The van der Waals surface area contributed by atoms with Gasteiger partial charge in [-0.05, 0) is 30.2 Å². The van der Waals surface area contributed by atoms with E-state index in [1.165, 1.54) is 0 Å². The van der Waals surface area contributed by atoms with E-state index in [4.69, 9.17) is 9.47 Å². The van der Waals surface area contributed by atoms with Crippen molar-refractivity contribution in [2.24, 2.45) is 0 Å². The monoisotopic (exact) mass is 395 g/mol. The van der Waals surface area contributed by atoms with Gasteiger partial charge in [-0.25, -0.2) is 4.79 Å². The summed E-state index contributed by atoms with van der Waals surface area (Å²) in [7, 11) is 1.59. The van der Waals surface area contributed by atoms with E-state index in [1.54, 1.807) is 31.4 Å². The molecule has 0 aromatic heterocycles. The number of benzene rings is 3. The zero-order chi connectivity index (χ0) is 20.8. The number of ether oxygens (including phenoxy) is 2. The molecule has 3 rings (SSSR count). The van der Waals surface area contributed by atoms with Crippen molar-refractivity contribution in [2.75, 3.05) is 20.3 Å². The van der Waals surface area contributed by atoms with Crippen LogP contribution in [-0.4, -0.2) is 42.4 Å². The second-order valence-corrected chi connectivity index (χ2v) is 6.36. The minimum absolute atomic E-state index is 0.158. The Morgan fingerprint density at radius 1 is 1.00 bits per heavy atom. The second kappa shape index (κ2) is 8.97. The van der Waals surface area contributed by atoms with Gasteiger partial charge in [-0.15, -0.1) is 0 Å². The number of fused-ring (bicyclic) bond motifs is 1. The lowest BCUT2D eigenvalue weighted by atomic mass is 10.0. The standard InChI is InChI=1S/C22H21NO6/c1-28-15-8-6-14(7-9-15)10-11-23-20(25)13-29-22(27)18-12-19(24)16-4-2-3-5-17(16)21(18)26/h2-9,12,24,26H,10-11,13H2,1H3,(H,23,25). The molecule has 0 fully saturated rings. The normalized spacial score (nSPS) is 10.5. The van der Waals surface area contributed by atoms with E-state index in [2.05, 4.69) is 5.32 Å². The lowest BCUT2D eigenvalue weighted by molar-refractivity contribution is -0.124. The average Bonchev–Trinajstić information content (AvgIpc) is 2.75. The van der Waals surface area contributed by atoms with E-state index < -0.39 is 18.5 Å². The van der Waals surface area contributed by atoms with Gasteiger partial charge in [0.2, 0.25) is 0 Å². The van der Waals surface area contributed by atoms with E-state index in [1.807, 2.05) is 24.3 Å². The maximum Gasteiger partial charge on any atom is 0.342 e. The van der Waals surface area contributed by atoms with Crippen LogP contribution in [0.2, 0.25) is 0 Å². The fraction of sp³-hybridized carbons (Fsp3) is 0.182. The lowest BCUT2D eigenvalue weighted by Gasteiger charge is -2.10. The van der Waals surface area contributed by atoms with Crippen LogP contribution in [-0.2, 0) is 16.0 Å². The van der Waals surface area contributed by atoms with Crippen molar-refractivity contribution in [2.45, 2.75) is 6.42 Å². The molecule has 3 N–H and O–H groups in total. The molecule has 3 aromatic rings. The Morgan fingerprint density at radius 3 is 2.38 bits per heavy atom. The number of hydrogen-bond donors (Lipinski definition) is 3. The van der Waals surface area contributed by atoms with Crippen LogP contribution in [0.15, 0.2) is 54.6 Å². The van der Waals surface area contributed by atoms with E-state index in [0.29, 0.717) is 23.7 Å². The molecule has 1 amide bonds. The molecule has 0 spiro atoms. The molecule has 0 aliphatic carbocycles. The number of carbonyl (C=O) groups is 2. The molecule has 7 nitrogen and oxygen atoms in total. The van der Waals surface area contributed by atoms with Crippen molar-refractivity contribution in [3.8, 4) is 17.2 Å². The number of aromatic hydroxyl groups is 2. The summed E-state index contributed by atoms with van der Waals surface area (Å²) in [4.78, 5) is 24.1. The van der Waals surface area contributed by atoms with E-state index in [9.17, 15) is 19.8 Å². The van der Waals surface area contributed by atoms with Gasteiger partial charge in [-0.1, -0.05) is 36.4 Å². The van der Waals surface area contributed by atoms with Crippen molar-refractivity contribution >= 4 is 22.6 Å². The number of carbonyl (C=O) groups excluding carboxylic acids is 2. The first-order valence-electron chi connectivity index (χ1n) is 9.00. The van der Waals surface area contributed by atoms with Gasteiger partial charge in [0, 0.05) is 17.3 Å². The molecule has 0 radical (unpaired) electrons. The Morgan fingerprint density at radius 2 is 1.69 bits per heavy atom. The average molecular weight is 395 g/mol. The van der Waals surface area contributed by atoms with Gasteiger partial charge in [0.25, 0.3) is 5.91 Å². The van der Waals surface area contributed by atoms with Crippen LogP contribution >= 0.6 is 0 Å². The number of amides is 1. The lowest BCUT2D eigenvalue weighted by Crippen LogP contribution is -2.30. The summed E-state index contributed by atoms with van der Waals surface area (Å²) in [6.45, 7) is -0.112.